The average molecular weight is 485 g/mol. The van der Waals surface area contributed by atoms with Crippen LogP contribution < -0.4 is 5.11 Å². The molecule has 34 heavy (non-hydrogen) atoms. The average Bonchev–Trinajstić information content (AvgIpc) is 3.30. The molecule has 4 rings (SSSR count). The minimum atomic E-state index is -1.55. The van der Waals surface area contributed by atoms with E-state index in [0.29, 0.717) is 31.0 Å². The van der Waals surface area contributed by atoms with Crippen LogP contribution in [0.1, 0.15) is 24.5 Å². The number of H-pyrrole nitrogens is 1. The number of benzene rings is 1. The highest BCUT2D eigenvalue weighted by molar-refractivity contribution is 6.30. The van der Waals surface area contributed by atoms with Crippen LogP contribution in [0.2, 0.25) is 5.02 Å². The number of aliphatic hydroxyl groups is 1. The molecule has 1 atom stereocenters. The lowest BCUT2D eigenvalue weighted by Crippen LogP contribution is -2.44. The van der Waals surface area contributed by atoms with Gasteiger partial charge in [-0.15, -0.1) is 0 Å². The number of aromatic nitrogens is 4. The maximum absolute atomic E-state index is 12.4. The van der Waals surface area contributed by atoms with Gasteiger partial charge in [0.15, 0.2) is 0 Å². The number of nitrogens with zero attached hydrogens (tertiary/aromatic N) is 4. The largest absolute Gasteiger partial charge is 0.547 e. The smallest absolute Gasteiger partial charge is 0.248 e. The van der Waals surface area contributed by atoms with Crippen molar-refractivity contribution in [2.75, 3.05) is 26.3 Å². The summed E-state index contributed by atoms with van der Waals surface area (Å²) in [4.78, 5) is 33.4. The zero-order chi connectivity index (χ0) is 24.1. The number of nitrogens with one attached hydrogen (secondary N) is 1. The number of hydrogen-bond acceptors (Lipinski definition) is 8. The Morgan fingerprint density at radius 3 is 2.59 bits per heavy atom. The zero-order valence-corrected chi connectivity index (χ0v) is 18.9. The van der Waals surface area contributed by atoms with Gasteiger partial charge in [0.1, 0.15) is 24.7 Å². The second-order valence-corrected chi connectivity index (χ2v) is 8.36. The number of carboxylic acid groups (broad SMARTS) is 1. The Balaban J connectivity index is 1.50. The van der Waals surface area contributed by atoms with Crippen molar-refractivity contribution in [3.63, 3.8) is 0 Å². The number of aliphatic carboxylic acids is 1. The number of aromatic amines is 1. The molecule has 3 aromatic rings. The number of amides is 1. The molecule has 1 aliphatic rings. The highest BCUT2D eigenvalue weighted by Gasteiger charge is 2.29. The molecule has 0 aliphatic carbocycles. The number of aliphatic hydroxyl groups excluding tert-OH is 1. The van der Waals surface area contributed by atoms with Crippen LogP contribution in [0.4, 0.5) is 0 Å². The maximum Gasteiger partial charge on any atom is 0.248 e. The molecule has 1 aromatic carbocycles. The van der Waals surface area contributed by atoms with Gasteiger partial charge in [0.05, 0.1) is 18.3 Å². The van der Waals surface area contributed by atoms with Gasteiger partial charge in [-0.3, -0.25) is 9.89 Å². The van der Waals surface area contributed by atoms with Crippen LogP contribution >= 0.6 is 11.6 Å². The van der Waals surface area contributed by atoms with Gasteiger partial charge in [-0.1, -0.05) is 23.7 Å². The summed E-state index contributed by atoms with van der Waals surface area (Å²) in [5, 5.41) is 28.2. The molecule has 2 aromatic heterocycles. The quantitative estimate of drug-likeness (QED) is 0.482. The summed E-state index contributed by atoms with van der Waals surface area (Å²) in [6, 6.07) is 9.26. The van der Waals surface area contributed by atoms with Crippen molar-refractivity contribution >= 4 is 23.5 Å². The van der Waals surface area contributed by atoms with Crippen molar-refractivity contribution in [2.24, 2.45) is 0 Å². The van der Waals surface area contributed by atoms with Gasteiger partial charge in [-0.2, -0.15) is 5.10 Å². The van der Waals surface area contributed by atoms with Crippen molar-refractivity contribution in [1.82, 2.24) is 25.1 Å². The molecule has 0 saturated carbocycles. The molecule has 0 unspecified atom stereocenters. The molecule has 3 heterocycles. The van der Waals surface area contributed by atoms with Gasteiger partial charge < -0.3 is 24.6 Å². The first-order valence-corrected chi connectivity index (χ1v) is 11.2. The number of carbonyl (C=O) groups excluding carboxylic acids is 2. The highest BCUT2D eigenvalue weighted by atomic mass is 35.5. The van der Waals surface area contributed by atoms with Crippen molar-refractivity contribution in [3.05, 3.63) is 53.6 Å². The molecular formula is C23H23ClN5O5-. The van der Waals surface area contributed by atoms with Gasteiger partial charge in [-0.25, -0.2) is 9.97 Å². The van der Waals surface area contributed by atoms with E-state index >= 15 is 0 Å². The van der Waals surface area contributed by atoms with Crippen LogP contribution in [0.15, 0.2) is 42.9 Å². The van der Waals surface area contributed by atoms with E-state index in [9.17, 15) is 14.7 Å². The minimum Gasteiger partial charge on any atom is -0.547 e. The Morgan fingerprint density at radius 1 is 1.24 bits per heavy atom. The summed E-state index contributed by atoms with van der Waals surface area (Å²) >= 11 is 6.05. The molecule has 1 fully saturated rings. The molecule has 2 N–H and O–H groups in total. The number of likely N-dealkylation sites (tertiary alicyclic amines) is 1. The summed E-state index contributed by atoms with van der Waals surface area (Å²) in [7, 11) is 0. The van der Waals surface area contributed by atoms with E-state index in [2.05, 4.69) is 20.2 Å². The fourth-order valence-corrected chi connectivity index (χ4v) is 4.17. The number of ether oxygens (including phenoxy) is 1. The fourth-order valence-electron chi connectivity index (χ4n) is 4.04. The standard InChI is InChI=1S/C23H24ClN5O5/c24-16-3-1-14(2-4-16)21-20(17-5-8-25-13-26-17)22(28-27-21)15-6-9-29(10-7-15)19(31)12-34-18(11-30)23(32)33/h1-5,8,13,15,18,30H,6-7,9-12H2,(H,27,28)(H,32,33)/p-1/t18-/m1/s1. The molecular weight excluding hydrogens is 462 g/mol. The first kappa shape index (κ1) is 23.8. The maximum atomic E-state index is 12.4. The molecule has 0 spiro atoms. The minimum absolute atomic E-state index is 0.108. The van der Waals surface area contributed by atoms with Crippen molar-refractivity contribution in [3.8, 4) is 22.5 Å². The lowest BCUT2D eigenvalue weighted by Gasteiger charge is -2.32. The van der Waals surface area contributed by atoms with E-state index in [1.165, 1.54) is 6.33 Å². The number of carboxylic acids is 1. The van der Waals surface area contributed by atoms with Gasteiger partial charge in [0.25, 0.3) is 0 Å². The summed E-state index contributed by atoms with van der Waals surface area (Å²) in [5.74, 6) is -1.78. The SMILES string of the molecule is O=C([O-])[C@@H](CO)OCC(=O)N1CCC(c2[nH]nc(-c3ccc(Cl)cc3)c2-c2ccncn2)CC1. The number of hydrogen-bond donors (Lipinski definition) is 2. The second-order valence-electron chi connectivity index (χ2n) is 7.92. The van der Waals surface area contributed by atoms with Crippen molar-refractivity contribution in [1.29, 1.82) is 0 Å². The van der Waals surface area contributed by atoms with E-state index in [1.54, 1.807) is 11.1 Å². The lowest BCUT2D eigenvalue weighted by atomic mass is 9.89. The Kier molecular flexibility index (Phi) is 7.51. The van der Waals surface area contributed by atoms with Crippen LogP contribution in [0.5, 0.6) is 0 Å². The Bertz CT molecular complexity index is 1130. The van der Waals surface area contributed by atoms with Crippen LogP contribution in [-0.2, 0) is 14.3 Å². The molecule has 10 nitrogen and oxygen atoms in total. The third kappa shape index (κ3) is 5.24. The highest BCUT2D eigenvalue weighted by Crippen LogP contribution is 2.39. The van der Waals surface area contributed by atoms with Crippen molar-refractivity contribution < 1.29 is 24.5 Å². The predicted octanol–water partition coefficient (Wildman–Crippen LogP) is 1.02. The zero-order valence-electron chi connectivity index (χ0n) is 18.2. The Hall–Kier alpha value is -3.34. The van der Waals surface area contributed by atoms with E-state index in [0.717, 1.165) is 28.2 Å². The third-order valence-electron chi connectivity index (χ3n) is 5.84. The first-order valence-electron chi connectivity index (χ1n) is 10.8. The molecule has 1 saturated heterocycles. The number of rotatable bonds is 8. The summed E-state index contributed by atoms with van der Waals surface area (Å²) < 4.78 is 4.97. The third-order valence-corrected chi connectivity index (χ3v) is 6.09. The fraction of sp³-hybridized carbons (Fsp3) is 0.348. The van der Waals surface area contributed by atoms with E-state index in [-0.39, 0.29) is 11.8 Å². The Morgan fingerprint density at radius 2 is 1.97 bits per heavy atom. The Labute approximate surface area is 200 Å². The summed E-state index contributed by atoms with van der Waals surface area (Å²) in [6.07, 6.45) is 3.00. The molecule has 1 amide bonds. The molecule has 0 radical (unpaired) electrons. The van der Waals surface area contributed by atoms with Crippen LogP contribution in [-0.4, -0.2) is 74.5 Å². The second kappa shape index (κ2) is 10.7. The van der Waals surface area contributed by atoms with Gasteiger partial charge in [-0.05, 0) is 31.0 Å². The van der Waals surface area contributed by atoms with Gasteiger partial charge in [0.2, 0.25) is 5.91 Å². The van der Waals surface area contributed by atoms with E-state index in [4.69, 9.17) is 21.4 Å². The first-order chi connectivity index (χ1) is 16.5. The molecule has 1 aliphatic heterocycles. The normalized spacial score (nSPS) is 15.3. The number of piperidine rings is 1. The molecule has 11 heteroatoms. The molecule has 178 valence electrons. The van der Waals surface area contributed by atoms with Gasteiger partial charge >= 0.3 is 0 Å². The predicted molar refractivity (Wildman–Crippen MR) is 120 cm³/mol. The van der Waals surface area contributed by atoms with E-state index in [1.807, 2.05) is 30.3 Å². The van der Waals surface area contributed by atoms with Crippen LogP contribution in [0, 0.1) is 0 Å². The lowest BCUT2D eigenvalue weighted by molar-refractivity contribution is -0.317. The number of halogens is 1. The van der Waals surface area contributed by atoms with Crippen molar-refractivity contribution in [2.45, 2.75) is 24.9 Å². The topological polar surface area (TPSA) is 144 Å². The van der Waals surface area contributed by atoms with E-state index < -0.39 is 25.3 Å². The monoisotopic (exact) mass is 484 g/mol. The van der Waals surface area contributed by atoms with Gasteiger partial charge in [0, 0.05) is 47.0 Å². The summed E-state index contributed by atoms with van der Waals surface area (Å²) in [5.41, 5.74) is 4.22. The summed E-state index contributed by atoms with van der Waals surface area (Å²) in [6.45, 7) is -0.235. The molecule has 0 bridgehead atoms. The van der Waals surface area contributed by atoms with Crippen LogP contribution in [0.25, 0.3) is 22.5 Å². The number of carbonyl (C=O) groups is 2. The van der Waals surface area contributed by atoms with Crippen LogP contribution in [0.3, 0.4) is 0 Å².